The van der Waals surface area contributed by atoms with Crippen LogP contribution in [0.2, 0.25) is 0 Å². The molecule has 0 unspecified atom stereocenters. The molecule has 0 radical (unpaired) electrons. The minimum atomic E-state index is -1.24. The van der Waals surface area contributed by atoms with E-state index in [9.17, 15) is 14.4 Å². The maximum Gasteiger partial charge on any atom is 0.328 e. The van der Waals surface area contributed by atoms with Crippen LogP contribution in [0, 0.1) is 0 Å². The fourth-order valence-corrected chi connectivity index (χ4v) is 2.24. The number of thioether (sulfide) groups is 1. The first kappa shape index (κ1) is 17.5. The number of amides is 3. The van der Waals surface area contributed by atoms with Crippen molar-refractivity contribution in [3.63, 3.8) is 0 Å². The zero-order chi connectivity index (χ0) is 14.9. The molecular weight excluding hydrogens is 268 g/mol. The van der Waals surface area contributed by atoms with Crippen molar-refractivity contribution in [3.8, 4) is 0 Å². The summed E-state index contributed by atoms with van der Waals surface area (Å²) in [4.78, 5) is 32.8. The predicted octanol–water partition coefficient (Wildman–Crippen LogP) is 1.37. The van der Waals surface area contributed by atoms with Crippen LogP contribution < -0.4 is 10.6 Å². The topological polar surface area (TPSA) is 95.5 Å². The smallest absolute Gasteiger partial charge is 0.328 e. The summed E-state index contributed by atoms with van der Waals surface area (Å²) in [5.41, 5.74) is 0. The van der Waals surface area contributed by atoms with Crippen LogP contribution in [0.5, 0.6) is 0 Å². The lowest BCUT2D eigenvalue weighted by atomic mass is 10.0. The van der Waals surface area contributed by atoms with Crippen LogP contribution in [0.15, 0.2) is 12.2 Å². The van der Waals surface area contributed by atoms with Gasteiger partial charge in [0.25, 0.3) is 5.91 Å². The van der Waals surface area contributed by atoms with E-state index in [1.807, 2.05) is 25.4 Å². The molecule has 0 rings (SSSR count). The van der Waals surface area contributed by atoms with E-state index in [4.69, 9.17) is 5.11 Å². The van der Waals surface area contributed by atoms with Gasteiger partial charge in [0.2, 0.25) is 0 Å². The Morgan fingerprint density at radius 2 is 1.79 bits per heavy atom. The summed E-state index contributed by atoms with van der Waals surface area (Å²) in [5.74, 6) is -2.00. The van der Waals surface area contributed by atoms with Crippen molar-refractivity contribution in [2.75, 3.05) is 12.8 Å². The zero-order valence-corrected chi connectivity index (χ0v) is 12.2. The first-order chi connectivity index (χ1) is 8.89. The minimum Gasteiger partial charge on any atom is -0.478 e. The van der Waals surface area contributed by atoms with Gasteiger partial charge in [-0.2, -0.15) is 11.8 Å². The third-order valence-corrected chi connectivity index (χ3v) is 4.49. The van der Waals surface area contributed by atoms with E-state index in [2.05, 4.69) is 5.32 Å². The molecule has 0 aliphatic carbocycles. The first-order valence-electron chi connectivity index (χ1n) is 5.94. The van der Waals surface area contributed by atoms with Gasteiger partial charge in [-0.15, -0.1) is 0 Å². The number of hydrogen-bond acceptors (Lipinski definition) is 4. The molecule has 0 aromatic rings. The van der Waals surface area contributed by atoms with Crippen LogP contribution in [0.3, 0.4) is 0 Å². The molecule has 0 spiro atoms. The fourth-order valence-electron chi connectivity index (χ4n) is 1.45. The van der Waals surface area contributed by atoms with Gasteiger partial charge >= 0.3 is 12.0 Å². The highest BCUT2D eigenvalue weighted by atomic mass is 32.2. The van der Waals surface area contributed by atoms with Crippen LogP contribution >= 0.6 is 11.8 Å². The molecule has 108 valence electrons. The van der Waals surface area contributed by atoms with Gasteiger partial charge in [-0.05, 0) is 19.1 Å². The van der Waals surface area contributed by atoms with Crippen LogP contribution in [-0.4, -0.2) is 40.6 Å². The third kappa shape index (κ3) is 6.85. The van der Waals surface area contributed by atoms with Crippen LogP contribution in [-0.2, 0) is 9.59 Å². The van der Waals surface area contributed by atoms with Gasteiger partial charge in [0, 0.05) is 23.4 Å². The van der Waals surface area contributed by atoms with Gasteiger partial charge in [-0.25, -0.2) is 9.59 Å². The second-order valence-electron chi connectivity index (χ2n) is 3.94. The third-order valence-electron chi connectivity index (χ3n) is 2.91. The molecule has 6 nitrogen and oxygen atoms in total. The van der Waals surface area contributed by atoms with E-state index in [1.165, 1.54) is 0 Å². The Labute approximate surface area is 117 Å². The largest absolute Gasteiger partial charge is 0.478 e. The number of hydrogen-bond donors (Lipinski definition) is 3. The molecule has 0 aliphatic rings. The van der Waals surface area contributed by atoms with E-state index in [0.29, 0.717) is 12.6 Å². The molecule has 19 heavy (non-hydrogen) atoms. The molecule has 0 bridgehead atoms. The lowest BCUT2D eigenvalue weighted by Gasteiger charge is -2.29. The molecule has 0 aliphatic heterocycles. The summed E-state index contributed by atoms with van der Waals surface area (Å²) in [7, 11) is 0. The molecule has 0 aromatic heterocycles. The van der Waals surface area contributed by atoms with Crippen molar-refractivity contribution in [1.82, 2.24) is 10.6 Å². The molecule has 0 saturated carbocycles. The molecule has 3 amide bonds. The van der Waals surface area contributed by atoms with Gasteiger partial charge in [0.05, 0.1) is 0 Å². The molecule has 0 heterocycles. The standard InChI is InChI=1S/C12H20N2O4S/c1-4-12(5-2,19-3)8-13-11(18)14-9(15)6-7-10(16)17/h6-7H,4-5,8H2,1-3H3,(H,16,17)(H2,13,14,15,18)/b7-6+. The molecule has 0 saturated heterocycles. The number of carboxylic acids is 1. The number of nitrogens with one attached hydrogen (secondary N) is 2. The zero-order valence-electron chi connectivity index (χ0n) is 11.4. The van der Waals surface area contributed by atoms with Gasteiger partial charge in [0.15, 0.2) is 0 Å². The molecule has 0 aromatic carbocycles. The van der Waals surface area contributed by atoms with E-state index >= 15 is 0 Å². The molecule has 0 atom stereocenters. The van der Waals surface area contributed by atoms with E-state index in [0.717, 1.165) is 18.9 Å². The number of urea groups is 1. The second kappa shape index (κ2) is 8.58. The Morgan fingerprint density at radius 3 is 2.21 bits per heavy atom. The quantitative estimate of drug-likeness (QED) is 0.615. The number of rotatable bonds is 7. The Morgan fingerprint density at radius 1 is 1.21 bits per heavy atom. The Balaban J connectivity index is 4.25. The Hall–Kier alpha value is -1.50. The number of aliphatic carboxylic acids is 1. The molecule has 7 heteroatoms. The number of carboxylic acid groups (broad SMARTS) is 1. The average Bonchev–Trinajstić information content (AvgIpc) is 2.38. The van der Waals surface area contributed by atoms with E-state index in [-0.39, 0.29) is 4.75 Å². The highest BCUT2D eigenvalue weighted by Gasteiger charge is 2.25. The Kier molecular flexibility index (Phi) is 7.90. The van der Waals surface area contributed by atoms with Crippen molar-refractivity contribution in [3.05, 3.63) is 12.2 Å². The van der Waals surface area contributed by atoms with E-state index in [1.54, 1.807) is 11.8 Å². The summed E-state index contributed by atoms with van der Waals surface area (Å²) in [5, 5.41) is 13.0. The van der Waals surface area contributed by atoms with Gasteiger partial charge in [0.1, 0.15) is 0 Å². The fraction of sp³-hybridized carbons (Fsp3) is 0.583. The maximum absolute atomic E-state index is 11.5. The predicted molar refractivity (Wildman–Crippen MR) is 75.1 cm³/mol. The van der Waals surface area contributed by atoms with E-state index < -0.39 is 17.9 Å². The summed E-state index contributed by atoms with van der Waals surface area (Å²) < 4.78 is -0.0444. The number of carbonyl (C=O) groups excluding carboxylic acids is 2. The van der Waals surface area contributed by atoms with Crippen molar-refractivity contribution in [1.29, 1.82) is 0 Å². The van der Waals surface area contributed by atoms with Crippen molar-refractivity contribution in [2.45, 2.75) is 31.4 Å². The summed E-state index contributed by atoms with van der Waals surface area (Å²) in [6, 6.07) is -0.625. The SMILES string of the molecule is CCC(CC)(CNC(=O)NC(=O)/C=C/C(=O)O)SC. The first-order valence-corrected chi connectivity index (χ1v) is 7.16. The van der Waals surface area contributed by atoms with Crippen LogP contribution in [0.25, 0.3) is 0 Å². The van der Waals surface area contributed by atoms with Crippen molar-refractivity contribution in [2.24, 2.45) is 0 Å². The van der Waals surface area contributed by atoms with Gasteiger partial charge in [-0.1, -0.05) is 13.8 Å². The second-order valence-corrected chi connectivity index (χ2v) is 5.21. The molecular formula is C12H20N2O4S. The van der Waals surface area contributed by atoms with Gasteiger partial charge < -0.3 is 10.4 Å². The monoisotopic (exact) mass is 288 g/mol. The molecule has 3 N–H and O–H groups in total. The number of carbonyl (C=O) groups is 3. The van der Waals surface area contributed by atoms with Crippen molar-refractivity contribution < 1.29 is 19.5 Å². The summed E-state index contributed by atoms with van der Waals surface area (Å²) >= 11 is 1.67. The Bertz CT molecular complexity index is 356. The molecule has 0 fully saturated rings. The number of imide groups is 1. The highest BCUT2D eigenvalue weighted by molar-refractivity contribution is 8.00. The summed E-state index contributed by atoms with van der Waals surface area (Å²) in [6.45, 7) is 4.53. The highest BCUT2D eigenvalue weighted by Crippen LogP contribution is 2.29. The lowest BCUT2D eigenvalue weighted by molar-refractivity contribution is -0.131. The normalized spacial score (nSPS) is 11.3. The van der Waals surface area contributed by atoms with Gasteiger partial charge in [-0.3, -0.25) is 10.1 Å². The summed E-state index contributed by atoms with van der Waals surface area (Å²) in [6.07, 6.45) is 5.25. The van der Waals surface area contributed by atoms with Crippen LogP contribution in [0.1, 0.15) is 26.7 Å². The lowest BCUT2D eigenvalue weighted by Crippen LogP contribution is -2.45. The van der Waals surface area contributed by atoms with Crippen molar-refractivity contribution >= 4 is 29.7 Å². The maximum atomic E-state index is 11.5. The minimum absolute atomic E-state index is 0.0444. The van der Waals surface area contributed by atoms with Crippen LogP contribution in [0.4, 0.5) is 4.79 Å². The average molecular weight is 288 g/mol.